The molecule has 19 heavy (non-hydrogen) atoms. The fourth-order valence-corrected chi connectivity index (χ4v) is 1.67. The monoisotopic (exact) mass is 268 g/mol. The first-order valence-electron chi connectivity index (χ1n) is 5.35. The van der Waals surface area contributed by atoms with Crippen LogP contribution in [0.3, 0.4) is 0 Å². The van der Waals surface area contributed by atoms with E-state index in [-0.39, 0.29) is 0 Å². The van der Waals surface area contributed by atoms with Gasteiger partial charge in [-0.3, -0.25) is 4.79 Å². The highest BCUT2D eigenvalue weighted by Gasteiger charge is 2.39. The van der Waals surface area contributed by atoms with E-state index < -0.39 is 23.3 Å². The van der Waals surface area contributed by atoms with Crippen LogP contribution in [0.4, 0.5) is 17.6 Å². The molecule has 1 nitrogen and oxygen atoms in total. The fraction of sp³-hybridized carbons (Fsp3) is 0.0714. The Morgan fingerprint density at radius 3 is 2.05 bits per heavy atom. The molecule has 0 N–H and O–H groups in total. The molecule has 0 fully saturated rings. The Balaban J connectivity index is 2.43. The molecule has 2 aromatic carbocycles. The Bertz CT molecular complexity index is 617. The van der Waals surface area contributed by atoms with Gasteiger partial charge in [-0.1, -0.05) is 30.3 Å². The Hall–Kier alpha value is -2.17. The molecule has 0 atom stereocenters. The highest BCUT2D eigenvalue weighted by Crippen LogP contribution is 2.25. The molecule has 0 amide bonds. The van der Waals surface area contributed by atoms with Crippen molar-refractivity contribution < 1.29 is 22.4 Å². The maximum Gasteiger partial charge on any atom is 0.454 e. The van der Waals surface area contributed by atoms with E-state index >= 15 is 0 Å². The van der Waals surface area contributed by atoms with Gasteiger partial charge in [-0.05, 0) is 29.3 Å². The van der Waals surface area contributed by atoms with E-state index in [0.717, 1.165) is 12.1 Å². The highest BCUT2D eigenvalue weighted by atomic mass is 19.4. The second kappa shape index (κ2) is 4.84. The van der Waals surface area contributed by atoms with Gasteiger partial charge in [0.25, 0.3) is 5.78 Å². The number of halogens is 4. The first-order valence-corrected chi connectivity index (χ1v) is 5.35. The lowest BCUT2D eigenvalue weighted by atomic mass is 10.0. The van der Waals surface area contributed by atoms with Crippen LogP contribution >= 0.6 is 0 Å². The Kier molecular flexibility index (Phi) is 3.38. The molecule has 0 unspecified atom stereocenters. The van der Waals surface area contributed by atoms with Gasteiger partial charge < -0.3 is 0 Å². The van der Waals surface area contributed by atoms with Gasteiger partial charge >= 0.3 is 6.18 Å². The molecule has 98 valence electrons. The van der Waals surface area contributed by atoms with E-state index in [1.54, 1.807) is 6.07 Å². The summed E-state index contributed by atoms with van der Waals surface area (Å²) in [5.74, 6) is -2.41. The van der Waals surface area contributed by atoms with Crippen molar-refractivity contribution in [1.29, 1.82) is 0 Å². The fourth-order valence-electron chi connectivity index (χ4n) is 1.67. The molecule has 0 aliphatic carbocycles. The van der Waals surface area contributed by atoms with E-state index in [1.807, 2.05) is 0 Å². The van der Waals surface area contributed by atoms with Crippen molar-refractivity contribution in [3.05, 3.63) is 59.9 Å². The molecule has 0 bridgehead atoms. The molecule has 5 heteroatoms. The normalized spacial score (nSPS) is 11.4. The minimum absolute atomic E-state index is 0.356. The molecule has 0 aromatic heterocycles. The van der Waals surface area contributed by atoms with Crippen molar-refractivity contribution in [1.82, 2.24) is 0 Å². The molecule has 2 aromatic rings. The molecule has 0 saturated heterocycles. The Morgan fingerprint density at radius 2 is 1.47 bits per heavy atom. The van der Waals surface area contributed by atoms with Gasteiger partial charge in [0.2, 0.25) is 0 Å². The standard InChI is InChI=1S/C14H8F4O/c15-12-6-2-4-10(8-12)9-3-1-5-11(7-9)13(19)14(16,17)18/h1-8H. The number of Topliss-reactive ketones (excluding diaryl/α,β-unsaturated/α-hetero) is 1. The molecule has 0 aliphatic rings. The lowest BCUT2D eigenvalue weighted by molar-refractivity contribution is -0.0885. The molecular weight excluding hydrogens is 260 g/mol. The number of carbonyl (C=O) groups is 1. The predicted octanol–water partition coefficient (Wildman–Crippen LogP) is 4.24. The Labute approximate surface area is 106 Å². The van der Waals surface area contributed by atoms with Crippen LogP contribution in [0.15, 0.2) is 48.5 Å². The van der Waals surface area contributed by atoms with Crippen LogP contribution < -0.4 is 0 Å². The number of carbonyl (C=O) groups excluding carboxylic acids is 1. The quantitative estimate of drug-likeness (QED) is 0.588. The summed E-state index contributed by atoms with van der Waals surface area (Å²) in [4.78, 5) is 11.1. The van der Waals surface area contributed by atoms with Crippen LogP contribution in [0.25, 0.3) is 11.1 Å². The number of benzene rings is 2. The zero-order valence-electron chi connectivity index (χ0n) is 9.54. The van der Waals surface area contributed by atoms with Crippen LogP contribution in [0, 0.1) is 5.82 Å². The molecule has 0 heterocycles. The SMILES string of the molecule is O=C(c1cccc(-c2cccc(F)c2)c1)C(F)(F)F. The molecule has 0 saturated carbocycles. The highest BCUT2D eigenvalue weighted by molar-refractivity contribution is 6.01. The zero-order chi connectivity index (χ0) is 14.0. The molecule has 2 rings (SSSR count). The van der Waals surface area contributed by atoms with Gasteiger partial charge in [-0.15, -0.1) is 0 Å². The Morgan fingerprint density at radius 1 is 0.895 bits per heavy atom. The summed E-state index contributed by atoms with van der Waals surface area (Å²) >= 11 is 0. The number of hydrogen-bond acceptors (Lipinski definition) is 1. The molecule has 0 spiro atoms. The van der Waals surface area contributed by atoms with Crippen LogP contribution in [0.2, 0.25) is 0 Å². The smallest absolute Gasteiger partial charge is 0.284 e. The predicted molar refractivity (Wildman–Crippen MR) is 62.2 cm³/mol. The zero-order valence-corrected chi connectivity index (χ0v) is 9.54. The number of hydrogen-bond donors (Lipinski definition) is 0. The van der Waals surface area contributed by atoms with Gasteiger partial charge in [0.1, 0.15) is 5.82 Å². The summed E-state index contributed by atoms with van der Waals surface area (Å²) in [7, 11) is 0. The lowest BCUT2D eigenvalue weighted by Crippen LogP contribution is -2.22. The third-order valence-corrected chi connectivity index (χ3v) is 2.54. The lowest BCUT2D eigenvalue weighted by Gasteiger charge is -2.07. The summed E-state index contributed by atoms with van der Waals surface area (Å²) < 4.78 is 50.0. The van der Waals surface area contributed by atoms with Crippen molar-refractivity contribution in [3.63, 3.8) is 0 Å². The third kappa shape index (κ3) is 2.99. The van der Waals surface area contributed by atoms with Crippen LogP contribution in [0.1, 0.15) is 10.4 Å². The van der Waals surface area contributed by atoms with Gasteiger partial charge in [0.05, 0.1) is 0 Å². The summed E-state index contributed by atoms with van der Waals surface area (Å²) in [6.07, 6.45) is -4.92. The van der Waals surface area contributed by atoms with Gasteiger partial charge in [-0.25, -0.2) is 4.39 Å². The average Bonchev–Trinajstić information content (AvgIpc) is 2.37. The average molecular weight is 268 g/mol. The number of ketones is 1. The maximum absolute atomic E-state index is 13.1. The second-order valence-electron chi connectivity index (χ2n) is 3.92. The third-order valence-electron chi connectivity index (χ3n) is 2.54. The van der Waals surface area contributed by atoms with Gasteiger partial charge in [0, 0.05) is 5.56 Å². The number of rotatable bonds is 2. The van der Waals surface area contributed by atoms with E-state index in [4.69, 9.17) is 0 Å². The minimum Gasteiger partial charge on any atom is -0.284 e. The first-order chi connectivity index (χ1) is 8.88. The van der Waals surface area contributed by atoms with Crippen molar-refractivity contribution in [3.8, 4) is 11.1 Å². The van der Waals surface area contributed by atoms with Crippen molar-refractivity contribution in [2.24, 2.45) is 0 Å². The first kappa shape index (κ1) is 13.3. The van der Waals surface area contributed by atoms with Crippen molar-refractivity contribution in [2.45, 2.75) is 6.18 Å². The van der Waals surface area contributed by atoms with E-state index in [2.05, 4.69) is 0 Å². The summed E-state index contributed by atoms with van der Waals surface area (Å²) in [5.41, 5.74) is 0.306. The summed E-state index contributed by atoms with van der Waals surface area (Å²) in [6.45, 7) is 0. The topological polar surface area (TPSA) is 17.1 Å². The maximum atomic E-state index is 13.1. The van der Waals surface area contributed by atoms with Crippen molar-refractivity contribution >= 4 is 5.78 Å². The molecular formula is C14H8F4O. The second-order valence-corrected chi connectivity index (χ2v) is 3.92. The van der Waals surface area contributed by atoms with Crippen LogP contribution in [0.5, 0.6) is 0 Å². The van der Waals surface area contributed by atoms with Crippen LogP contribution in [-0.4, -0.2) is 12.0 Å². The van der Waals surface area contributed by atoms with Crippen LogP contribution in [-0.2, 0) is 0 Å². The van der Waals surface area contributed by atoms with Crippen molar-refractivity contribution in [2.75, 3.05) is 0 Å². The summed E-state index contributed by atoms with van der Waals surface area (Å²) in [5, 5.41) is 0. The van der Waals surface area contributed by atoms with Gasteiger partial charge in [0.15, 0.2) is 0 Å². The van der Waals surface area contributed by atoms with Gasteiger partial charge in [-0.2, -0.15) is 13.2 Å². The van der Waals surface area contributed by atoms with E-state index in [1.165, 1.54) is 30.3 Å². The largest absolute Gasteiger partial charge is 0.454 e. The molecule has 0 aliphatic heterocycles. The summed E-state index contributed by atoms with van der Waals surface area (Å²) in [6, 6.07) is 10.5. The molecule has 0 radical (unpaired) electrons. The number of alkyl halides is 3. The minimum atomic E-state index is -4.92. The van der Waals surface area contributed by atoms with E-state index in [0.29, 0.717) is 11.1 Å². The van der Waals surface area contributed by atoms with E-state index in [9.17, 15) is 22.4 Å².